The molecule has 0 bridgehead atoms. The maximum atomic E-state index is 3.50. The van der Waals surface area contributed by atoms with Gasteiger partial charge in [-0.25, -0.2) is 0 Å². The van der Waals surface area contributed by atoms with E-state index in [9.17, 15) is 0 Å². The van der Waals surface area contributed by atoms with Crippen molar-refractivity contribution < 1.29 is 0 Å². The van der Waals surface area contributed by atoms with Gasteiger partial charge in [0.2, 0.25) is 0 Å². The molecule has 15 heavy (non-hydrogen) atoms. The molecule has 0 aromatic rings. The molecular weight excluding hydrogens is 204 g/mol. The van der Waals surface area contributed by atoms with E-state index in [-0.39, 0.29) is 0 Å². The Morgan fingerprint density at radius 1 is 1.27 bits per heavy atom. The monoisotopic (exact) mass is 228 g/mol. The molecule has 1 atom stereocenters. The first-order chi connectivity index (χ1) is 7.36. The summed E-state index contributed by atoms with van der Waals surface area (Å²) in [4.78, 5) is 2.52. The largest absolute Gasteiger partial charge is 0.314 e. The smallest absolute Gasteiger partial charge is 0.0308 e. The van der Waals surface area contributed by atoms with Crippen molar-refractivity contribution in [2.75, 3.05) is 32.4 Å². The predicted molar refractivity (Wildman–Crippen MR) is 68.6 cm³/mol. The standard InChI is InChI=1S/C12H24N2S/c1-14-8-7-13-9-11(14)10-15-12-5-3-2-4-6-12/h11-13H,2-10H2,1H3. The summed E-state index contributed by atoms with van der Waals surface area (Å²) in [7, 11) is 2.27. The Hall–Kier alpha value is 0.270. The van der Waals surface area contributed by atoms with E-state index in [1.165, 1.54) is 57.5 Å². The summed E-state index contributed by atoms with van der Waals surface area (Å²) < 4.78 is 0. The highest BCUT2D eigenvalue weighted by molar-refractivity contribution is 7.99. The van der Waals surface area contributed by atoms with E-state index in [4.69, 9.17) is 0 Å². The Labute approximate surface area is 98.2 Å². The van der Waals surface area contributed by atoms with Gasteiger partial charge in [-0.15, -0.1) is 0 Å². The molecule has 1 saturated heterocycles. The van der Waals surface area contributed by atoms with Crippen LogP contribution in [0.4, 0.5) is 0 Å². The molecule has 2 nitrogen and oxygen atoms in total. The van der Waals surface area contributed by atoms with Crippen LogP contribution in [-0.2, 0) is 0 Å². The lowest BCUT2D eigenvalue weighted by Crippen LogP contribution is -2.50. The summed E-state index contributed by atoms with van der Waals surface area (Å²) in [6.45, 7) is 3.58. The van der Waals surface area contributed by atoms with E-state index in [2.05, 4.69) is 29.0 Å². The number of hydrogen-bond acceptors (Lipinski definition) is 3. The van der Waals surface area contributed by atoms with Gasteiger partial charge < -0.3 is 10.2 Å². The van der Waals surface area contributed by atoms with Gasteiger partial charge in [-0.05, 0) is 19.9 Å². The van der Waals surface area contributed by atoms with E-state index < -0.39 is 0 Å². The Bertz CT molecular complexity index is 180. The van der Waals surface area contributed by atoms with E-state index in [0.29, 0.717) is 0 Å². The zero-order valence-corrected chi connectivity index (χ0v) is 10.7. The fourth-order valence-corrected chi connectivity index (χ4v) is 4.06. The predicted octanol–water partition coefficient (Wildman–Crippen LogP) is 1.96. The third-order valence-corrected chi connectivity index (χ3v) is 5.24. The average Bonchev–Trinajstić information content (AvgIpc) is 2.29. The van der Waals surface area contributed by atoms with Gasteiger partial charge in [0, 0.05) is 36.7 Å². The molecule has 1 aliphatic heterocycles. The Balaban J connectivity index is 1.67. The van der Waals surface area contributed by atoms with Crippen LogP contribution in [0.2, 0.25) is 0 Å². The van der Waals surface area contributed by atoms with Gasteiger partial charge in [-0.1, -0.05) is 19.3 Å². The molecule has 1 saturated carbocycles. The van der Waals surface area contributed by atoms with Gasteiger partial charge in [-0.3, -0.25) is 0 Å². The van der Waals surface area contributed by atoms with Gasteiger partial charge in [0.1, 0.15) is 0 Å². The molecule has 0 amide bonds. The molecule has 0 spiro atoms. The molecular formula is C12H24N2S. The number of nitrogens with zero attached hydrogens (tertiary/aromatic N) is 1. The molecule has 88 valence electrons. The van der Waals surface area contributed by atoms with Crippen molar-refractivity contribution in [3.63, 3.8) is 0 Å². The number of rotatable bonds is 3. The van der Waals surface area contributed by atoms with Crippen LogP contribution in [0.1, 0.15) is 32.1 Å². The highest BCUT2D eigenvalue weighted by atomic mass is 32.2. The van der Waals surface area contributed by atoms with Crippen LogP contribution in [0.5, 0.6) is 0 Å². The molecule has 2 rings (SSSR count). The second kappa shape index (κ2) is 6.12. The lowest BCUT2D eigenvalue weighted by atomic mass is 10.0. The first kappa shape index (κ1) is 11.7. The van der Waals surface area contributed by atoms with Gasteiger partial charge in [0.25, 0.3) is 0 Å². The minimum Gasteiger partial charge on any atom is -0.314 e. The van der Waals surface area contributed by atoms with Gasteiger partial charge >= 0.3 is 0 Å². The SMILES string of the molecule is CN1CCNCC1CSC1CCCCC1. The van der Waals surface area contributed by atoms with Crippen molar-refractivity contribution in [2.45, 2.75) is 43.4 Å². The zero-order chi connectivity index (χ0) is 10.5. The second-order valence-corrected chi connectivity index (χ2v) is 6.27. The molecule has 1 unspecified atom stereocenters. The van der Waals surface area contributed by atoms with Crippen LogP contribution < -0.4 is 5.32 Å². The summed E-state index contributed by atoms with van der Waals surface area (Å²) in [6, 6.07) is 0.769. The van der Waals surface area contributed by atoms with Crippen LogP contribution in [0.3, 0.4) is 0 Å². The van der Waals surface area contributed by atoms with E-state index in [1.54, 1.807) is 0 Å². The molecule has 2 fully saturated rings. The number of nitrogens with one attached hydrogen (secondary N) is 1. The van der Waals surface area contributed by atoms with Crippen LogP contribution in [0.25, 0.3) is 0 Å². The highest BCUT2D eigenvalue weighted by Gasteiger charge is 2.21. The zero-order valence-electron chi connectivity index (χ0n) is 9.87. The lowest BCUT2D eigenvalue weighted by molar-refractivity contribution is 0.218. The van der Waals surface area contributed by atoms with Gasteiger partial charge in [0.05, 0.1) is 0 Å². The quantitative estimate of drug-likeness (QED) is 0.795. The molecule has 1 aliphatic carbocycles. The average molecular weight is 228 g/mol. The third-order valence-electron chi connectivity index (χ3n) is 3.72. The van der Waals surface area contributed by atoms with E-state index >= 15 is 0 Å². The van der Waals surface area contributed by atoms with Crippen LogP contribution in [-0.4, -0.2) is 48.6 Å². The summed E-state index contributed by atoms with van der Waals surface area (Å²) in [5.74, 6) is 1.33. The Morgan fingerprint density at radius 3 is 2.80 bits per heavy atom. The van der Waals surface area contributed by atoms with Crippen molar-refractivity contribution in [1.29, 1.82) is 0 Å². The first-order valence-electron chi connectivity index (χ1n) is 6.39. The van der Waals surface area contributed by atoms with Gasteiger partial charge in [0.15, 0.2) is 0 Å². The maximum absolute atomic E-state index is 3.50. The normalized spacial score (nSPS) is 30.6. The molecule has 1 heterocycles. The summed E-state index contributed by atoms with van der Waals surface area (Å²) in [6.07, 6.45) is 7.35. The number of thioether (sulfide) groups is 1. The number of likely N-dealkylation sites (N-methyl/N-ethyl adjacent to an activating group) is 1. The third kappa shape index (κ3) is 3.65. The van der Waals surface area contributed by atoms with Crippen LogP contribution >= 0.6 is 11.8 Å². The minimum atomic E-state index is 0.769. The molecule has 3 heteroatoms. The summed E-state index contributed by atoms with van der Waals surface area (Å²) >= 11 is 2.23. The van der Waals surface area contributed by atoms with Crippen LogP contribution in [0, 0.1) is 0 Å². The highest BCUT2D eigenvalue weighted by Crippen LogP contribution is 2.29. The van der Waals surface area contributed by atoms with E-state index in [0.717, 1.165) is 11.3 Å². The molecule has 1 N–H and O–H groups in total. The topological polar surface area (TPSA) is 15.3 Å². The van der Waals surface area contributed by atoms with E-state index in [1.807, 2.05) is 0 Å². The Kier molecular flexibility index (Phi) is 4.79. The fourth-order valence-electron chi connectivity index (χ4n) is 2.53. The first-order valence-corrected chi connectivity index (χ1v) is 7.43. The Morgan fingerprint density at radius 2 is 2.07 bits per heavy atom. The number of hydrogen-bond donors (Lipinski definition) is 1. The van der Waals surface area contributed by atoms with Gasteiger partial charge in [-0.2, -0.15) is 11.8 Å². The van der Waals surface area contributed by atoms with Crippen molar-refractivity contribution in [3.05, 3.63) is 0 Å². The maximum Gasteiger partial charge on any atom is 0.0308 e. The molecule has 0 radical (unpaired) electrons. The van der Waals surface area contributed by atoms with Crippen molar-refractivity contribution in [2.24, 2.45) is 0 Å². The lowest BCUT2D eigenvalue weighted by Gasteiger charge is -2.34. The molecule has 0 aromatic heterocycles. The minimum absolute atomic E-state index is 0.769. The molecule has 0 aromatic carbocycles. The van der Waals surface area contributed by atoms with Crippen molar-refractivity contribution in [3.8, 4) is 0 Å². The fraction of sp³-hybridized carbons (Fsp3) is 1.00. The number of piperazine rings is 1. The summed E-state index contributed by atoms with van der Waals surface area (Å²) in [5, 5.41) is 4.46. The molecule has 2 aliphatic rings. The van der Waals surface area contributed by atoms with Crippen LogP contribution in [0.15, 0.2) is 0 Å². The summed E-state index contributed by atoms with van der Waals surface area (Å²) in [5.41, 5.74) is 0. The van der Waals surface area contributed by atoms with Crippen molar-refractivity contribution in [1.82, 2.24) is 10.2 Å². The van der Waals surface area contributed by atoms with Crippen molar-refractivity contribution >= 4 is 11.8 Å². The second-order valence-electron chi connectivity index (χ2n) is 4.93.